The second-order valence-corrected chi connectivity index (χ2v) is 6.03. The molecule has 0 amide bonds. The Morgan fingerprint density at radius 2 is 1.84 bits per heavy atom. The summed E-state index contributed by atoms with van der Waals surface area (Å²) in [6, 6.07) is 0. The van der Waals surface area contributed by atoms with Gasteiger partial charge in [0, 0.05) is 11.6 Å². The second kappa shape index (κ2) is 12.1. The highest BCUT2D eigenvalue weighted by atomic mass is 14.6. The van der Waals surface area contributed by atoms with E-state index in [1.165, 1.54) is 16.7 Å². The van der Waals surface area contributed by atoms with Crippen molar-refractivity contribution < 1.29 is 0 Å². The molecule has 0 spiro atoms. The molecule has 0 saturated heterocycles. The summed E-state index contributed by atoms with van der Waals surface area (Å²) in [5.74, 6) is 0.214. The first kappa shape index (κ1) is 20.8. The summed E-state index contributed by atoms with van der Waals surface area (Å²) < 4.78 is 0. The molecule has 0 heterocycles. The van der Waals surface area contributed by atoms with E-state index in [0.29, 0.717) is 0 Å². The summed E-state index contributed by atoms with van der Waals surface area (Å²) in [4.78, 5) is 0. The molecule has 0 saturated carbocycles. The summed E-state index contributed by atoms with van der Waals surface area (Å²) in [5, 5.41) is 0. The minimum absolute atomic E-state index is 0.214. The van der Waals surface area contributed by atoms with Gasteiger partial charge in [-0.05, 0) is 55.9 Å². The van der Waals surface area contributed by atoms with Gasteiger partial charge in [0.25, 0.3) is 0 Å². The first-order chi connectivity index (χ1) is 12.2. The maximum Gasteiger partial charge on any atom is 0.0333 e. The van der Waals surface area contributed by atoms with Gasteiger partial charge in [-0.15, -0.1) is 0 Å². The van der Waals surface area contributed by atoms with E-state index in [0.717, 1.165) is 25.0 Å². The first-order valence-electron chi connectivity index (χ1n) is 9.33. The van der Waals surface area contributed by atoms with Crippen molar-refractivity contribution in [1.29, 1.82) is 0 Å². The third-order valence-corrected chi connectivity index (χ3v) is 4.00. The summed E-state index contributed by atoms with van der Waals surface area (Å²) in [7, 11) is 0. The highest BCUT2D eigenvalue weighted by Gasteiger charge is 2.19. The molecule has 25 heavy (non-hydrogen) atoms. The van der Waals surface area contributed by atoms with Crippen LogP contribution >= 0.6 is 0 Å². The van der Waals surface area contributed by atoms with Crippen LogP contribution in [-0.2, 0) is 0 Å². The summed E-state index contributed by atoms with van der Waals surface area (Å²) in [6.45, 7) is 8.49. The number of rotatable bonds is 8. The molecule has 1 heteroatoms. The Hall–Kier alpha value is -2.28. The van der Waals surface area contributed by atoms with Crippen LogP contribution < -0.4 is 5.73 Å². The number of nitrogens with two attached hydrogens (primary N) is 1. The molecule has 0 bridgehead atoms. The lowest BCUT2D eigenvalue weighted by atomic mass is 9.82. The van der Waals surface area contributed by atoms with Gasteiger partial charge >= 0.3 is 0 Å². The molecule has 1 atom stereocenters. The van der Waals surface area contributed by atoms with Crippen LogP contribution in [0.2, 0.25) is 0 Å². The highest BCUT2D eigenvalue weighted by Crippen LogP contribution is 2.33. The Morgan fingerprint density at radius 3 is 2.48 bits per heavy atom. The minimum atomic E-state index is 0.214. The lowest BCUT2D eigenvalue weighted by Crippen LogP contribution is -2.09. The fourth-order valence-corrected chi connectivity index (χ4v) is 2.87. The Morgan fingerprint density at radius 1 is 1.04 bits per heavy atom. The van der Waals surface area contributed by atoms with Crippen molar-refractivity contribution in [2.75, 3.05) is 0 Å². The monoisotopic (exact) mass is 335 g/mol. The van der Waals surface area contributed by atoms with Crippen molar-refractivity contribution in [2.45, 2.75) is 47.0 Å². The lowest BCUT2D eigenvalue weighted by Gasteiger charge is -2.22. The van der Waals surface area contributed by atoms with Crippen LogP contribution in [0.4, 0.5) is 0 Å². The molecule has 134 valence electrons. The summed E-state index contributed by atoms with van der Waals surface area (Å²) >= 11 is 0. The van der Waals surface area contributed by atoms with Gasteiger partial charge in [-0.1, -0.05) is 80.7 Å². The van der Waals surface area contributed by atoms with E-state index in [4.69, 9.17) is 5.73 Å². The molecule has 0 aromatic heterocycles. The van der Waals surface area contributed by atoms with Crippen LogP contribution in [0.15, 0.2) is 95.3 Å². The third-order valence-electron chi connectivity index (χ3n) is 4.00. The Labute approximate surface area is 154 Å². The van der Waals surface area contributed by atoms with Crippen molar-refractivity contribution >= 4 is 0 Å². The van der Waals surface area contributed by atoms with E-state index in [1.54, 1.807) is 0 Å². The zero-order valence-electron chi connectivity index (χ0n) is 16.2. The largest absolute Gasteiger partial charge is 0.399 e. The molecule has 1 aliphatic carbocycles. The number of hydrogen-bond acceptors (Lipinski definition) is 1. The van der Waals surface area contributed by atoms with E-state index < -0.39 is 0 Å². The van der Waals surface area contributed by atoms with Crippen LogP contribution in [0.25, 0.3) is 0 Å². The van der Waals surface area contributed by atoms with Crippen LogP contribution in [0.1, 0.15) is 47.0 Å². The molecule has 1 rings (SSSR count). The SMILES string of the molecule is C\C=C/C(=C\C=C\C)C(C1=CCC=C(N)C=C1)C(/C=C\CC)=C/CC. The fraction of sp³-hybridized carbons (Fsp3) is 0.333. The maximum absolute atomic E-state index is 6.00. The maximum atomic E-state index is 6.00. The second-order valence-electron chi connectivity index (χ2n) is 6.03. The van der Waals surface area contributed by atoms with Crippen LogP contribution in [0, 0.1) is 5.92 Å². The zero-order valence-corrected chi connectivity index (χ0v) is 16.2. The van der Waals surface area contributed by atoms with E-state index >= 15 is 0 Å². The van der Waals surface area contributed by atoms with E-state index in [2.05, 4.69) is 87.6 Å². The third kappa shape index (κ3) is 7.01. The molecule has 0 aromatic rings. The molecule has 0 fully saturated rings. The first-order valence-corrected chi connectivity index (χ1v) is 9.33. The van der Waals surface area contributed by atoms with Crippen LogP contribution in [0.5, 0.6) is 0 Å². The fourth-order valence-electron chi connectivity index (χ4n) is 2.87. The van der Waals surface area contributed by atoms with Gasteiger partial charge in [0.05, 0.1) is 0 Å². The minimum Gasteiger partial charge on any atom is -0.399 e. The standard InChI is InChI=1S/C24H33N/c1-5-9-14-20(12-7-3)24(21(13-8-4)15-10-6-2)22-16-11-17-23(25)19-18-22/h5,7,9-10,12-19,24H,6,8,11,25H2,1-4H3/b9-5+,12-7-,15-10-,20-14+,21-13+. The van der Waals surface area contributed by atoms with Gasteiger partial charge in [-0.3, -0.25) is 0 Å². The highest BCUT2D eigenvalue weighted by molar-refractivity contribution is 5.49. The van der Waals surface area contributed by atoms with Gasteiger partial charge in [-0.2, -0.15) is 0 Å². The van der Waals surface area contributed by atoms with Crippen LogP contribution in [-0.4, -0.2) is 0 Å². The average Bonchev–Trinajstić information content (AvgIpc) is 2.82. The van der Waals surface area contributed by atoms with Crippen molar-refractivity contribution in [2.24, 2.45) is 11.7 Å². The Balaban J connectivity index is 3.48. The van der Waals surface area contributed by atoms with Gasteiger partial charge in [0.1, 0.15) is 0 Å². The van der Waals surface area contributed by atoms with Crippen molar-refractivity contribution in [1.82, 2.24) is 0 Å². The zero-order chi connectivity index (χ0) is 18.5. The Kier molecular flexibility index (Phi) is 10.1. The van der Waals surface area contributed by atoms with Gasteiger partial charge < -0.3 is 5.73 Å². The van der Waals surface area contributed by atoms with E-state index in [-0.39, 0.29) is 5.92 Å². The average molecular weight is 336 g/mol. The smallest absolute Gasteiger partial charge is 0.0333 e. The van der Waals surface area contributed by atoms with Crippen LogP contribution in [0.3, 0.4) is 0 Å². The normalized spacial score (nSPS) is 18.1. The molecule has 0 aromatic carbocycles. The summed E-state index contributed by atoms with van der Waals surface area (Å²) in [5.41, 5.74) is 10.8. The Bertz CT molecular complexity index is 644. The number of hydrogen-bond donors (Lipinski definition) is 1. The summed E-state index contributed by atoms with van der Waals surface area (Å²) in [6.07, 6.45) is 29.0. The number of allylic oxidation sites excluding steroid dienone is 15. The molecular weight excluding hydrogens is 302 g/mol. The predicted molar refractivity (Wildman–Crippen MR) is 113 cm³/mol. The molecule has 0 aliphatic heterocycles. The van der Waals surface area contributed by atoms with Gasteiger partial charge in [0.15, 0.2) is 0 Å². The van der Waals surface area contributed by atoms with E-state index in [9.17, 15) is 0 Å². The molecule has 1 aliphatic rings. The quantitative estimate of drug-likeness (QED) is 0.490. The van der Waals surface area contributed by atoms with Gasteiger partial charge in [-0.25, -0.2) is 0 Å². The van der Waals surface area contributed by atoms with E-state index in [1.807, 2.05) is 13.0 Å². The molecule has 1 nitrogen and oxygen atoms in total. The van der Waals surface area contributed by atoms with Crippen molar-refractivity contribution in [3.63, 3.8) is 0 Å². The van der Waals surface area contributed by atoms with Crippen molar-refractivity contribution in [3.8, 4) is 0 Å². The lowest BCUT2D eigenvalue weighted by molar-refractivity contribution is 0.886. The molecule has 0 radical (unpaired) electrons. The van der Waals surface area contributed by atoms with Crippen molar-refractivity contribution in [3.05, 3.63) is 95.3 Å². The topological polar surface area (TPSA) is 26.0 Å². The molecule has 2 N–H and O–H groups in total. The molecule has 1 unspecified atom stereocenters. The molecular formula is C24H33N. The van der Waals surface area contributed by atoms with Gasteiger partial charge in [0.2, 0.25) is 0 Å². The predicted octanol–water partition coefficient (Wildman–Crippen LogP) is 6.71.